The summed E-state index contributed by atoms with van der Waals surface area (Å²) in [6, 6.07) is 9.06. The molecule has 7 nitrogen and oxygen atoms in total. The van der Waals surface area contributed by atoms with E-state index in [0.29, 0.717) is 11.1 Å². The number of phenols is 1. The molecule has 1 aliphatic rings. The number of benzene rings is 2. The number of carboxylic acids is 1. The van der Waals surface area contributed by atoms with Crippen molar-refractivity contribution in [1.29, 1.82) is 0 Å². The molecule has 2 N–H and O–H groups in total. The Hall–Kier alpha value is -2.92. The fraction of sp³-hybridized carbons (Fsp3) is 0.250. The van der Waals surface area contributed by atoms with Crippen LogP contribution in [0.1, 0.15) is 39.7 Å². The van der Waals surface area contributed by atoms with Gasteiger partial charge in [0.1, 0.15) is 0 Å². The second-order valence-corrected chi connectivity index (χ2v) is 8.67. The van der Waals surface area contributed by atoms with Crippen LogP contribution < -0.4 is 4.74 Å². The van der Waals surface area contributed by atoms with Gasteiger partial charge in [0.05, 0.1) is 29.7 Å². The zero-order valence-electron chi connectivity index (χ0n) is 16.3. The summed E-state index contributed by atoms with van der Waals surface area (Å²) >= 11 is 7.22. The van der Waals surface area contributed by atoms with E-state index in [0.717, 1.165) is 16.3 Å². The number of fused-ring (bicyclic) bond motifs is 3. The van der Waals surface area contributed by atoms with Crippen molar-refractivity contribution in [1.82, 2.24) is 14.8 Å². The third-order valence-electron chi connectivity index (χ3n) is 4.94. The predicted molar refractivity (Wildman–Crippen MR) is 110 cm³/mol. The maximum absolute atomic E-state index is 13.8. The third kappa shape index (κ3) is 3.86. The van der Waals surface area contributed by atoms with Gasteiger partial charge in [-0.25, -0.2) is 0 Å². The topological polar surface area (TPSA) is 97.5 Å². The van der Waals surface area contributed by atoms with Gasteiger partial charge in [-0.3, -0.25) is 9.36 Å². The molecule has 0 saturated carbocycles. The normalized spacial score (nSPS) is 17.9. The largest absolute Gasteiger partial charge is 0.504 e. The van der Waals surface area contributed by atoms with E-state index in [4.69, 9.17) is 16.3 Å². The van der Waals surface area contributed by atoms with E-state index in [1.54, 1.807) is 12.1 Å². The smallest absolute Gasteiger partial charge is 0.452 e. The van der Waals surface area contributed by atoms with E-state index in [-0.39, 0.29) is 28.0 Å². The SMILES string of the molecule is COc1cccc(C2S[C@@H](CC(=O)O)c3nnc(C(F)(F)F)n3-c3ccc(Cl)cc32)c1O. The highest BCUT2D eigenvalue weighted by atomic mass is 35.5. The molecule has 0 radical (unpaired) electrons. The molecule has 4 rings (SSSR count). The Labute approximate surface area is 188 Å². The van der Waals surface area contributed by atoms with Crippen LogP contribution in [0.15, 0.2) is 36.4 Å². The van der Waals surface area contributed by atoms with Crippen molar-refractivity contribution in [3.8, 4) is 17.2 Å². The van der Waals surface area contributed by atoms with Crippen molar-refractivity contribution < 1.29 is 32.9 Å². The number of carbonyl (C=O) groups is 1. The van der Waals surface area contributed by atoms with Crippen LogP contribution in [0.2, 0.25) is 5.02 Å². The standard InChI is InChI=1S/C20H15ClF3N3O4S/c1-31-13-4-2-3-10(16(13)30)17-11-7-9(21)5-6-12(11)27-18(14(32-17)8-15(28)29)25-26-19(27)20(22,23)24/h2-7,14,17,30H,8H2,1H3,(H,28,29)/t14-,17?/m0/s1. The summed E-state index contributed by atoms with van der Waals surface area (Å²) in [5, 5.41) is 25.7. The number of thioether (sulfide) groups is 1. The highest BCUT2D eigenvalue weighted by Crippen LogP contribution is 2.54. The lowest BCUT2D eigenvalue weighted by atomic mass is 10.0. The average molecular weight is 486 g/mol. The van der Waals surface area contributed by atoms with Crippen LogP contribution >= 0.6 is 23.4 Å². The number of aliphatic carboxylic acids is 1. The lowest BCUT2D eigenvalue weighted by molar-refractivity contribution is -0.146. The molecule has 2 atom stereocenters. The second kappa shape index (κ2) is 8.21. The van der Waals surface area contributed by atoms with Gasteiger partial charge in [0.15, 0.2) is 17.3 Å². The van der Waals surface area contributed by atoms with Gasteiger partial charge in [-0.1, -0.05) is 23.7 Å². The lowest BCUT2D eigenvalue weighted by Crippen LogP contribution is -2.16. The number of methoxy groups -OCH3 is 1. The maximum atomic E-state index is 13.8. The molecule has 0 spiro atoms. The summed E-state index contributed by atoms with van der Waals surface area (Å²) < 4.78 is 47.3. The van der Waals surface area contributed by atoms with Crippen molar-refractivity contribution >= 4 is 29.3 Å². The van der Waals surface area contributed by atoms with Gasteiger partial charge in [-0.15, -0.1) is 22.0 Å². The number of rotatable bonds is 4. The molecule has 168 valence electrons. The molecule has 0 bridgehead atoms. The number of halogens is 4. The van der Waals surface area contributed by atoms with E-state index in [2.05, 4.69) is 10.2 Å². The number of aromatic hydroxyl groups is 1. The zero-order chi connectivity index (χ0) is 23.2. The predicted octanol–water partition coefficient (Wildman–Crippen LogP) is 5.01. The maximum Gasteiger partial charge on any atom is 0.452 e. The fourth-order valence-electron chi connectivity index (χ4n) is 3.62. The minimum atomic E-state index is -4.83. The summed E-state index contributed by atoms with van der Waals surface area (Å²) in [7, 11) is 1.37. The fourth-order valence-corrected chi connectivity index (χ4v) is 5.31. The van der Waals surface area contributed by atoms with Gasteiger partial charge in [0.2, 0.25) is 5.82 Å². The molecule has 0 fully saturated rings. The summed E-state index contributed by atoms with van der Waals surface area (Å²) in [4.78, 5) is 11.5. The lowest BCUT2D eigenvalue weighted by Gasteiger charge is -2.22. The van der Waals surface area contributed by atoms with Crippen LogP contribution in [0.5, 0.6) is 11.5 Å². The van der Waals surface area contributed by atoms with Crippen LogP contribution in [-0.2, 0) is 11.0 Å². The van der Waals surface area contributed by atoms with Crippen LogP contribution in [0.3, 0.4) is 0 Å². The van der Waals surface area contributed by atoms with E-state index < -0.39 is 34.9 Å². The Bertz CT molecular complexity index is 1200. The number of hydrogen-bond acceptors (Lipinski definition) is 6. The number of nitrogens with zero attached hydrogens (tertiary/aromatic N) is 3. The third-order valence-corrected chi connectivity index (χ3v) is 6.66. The quantitative estimate of drug-likeness (QED) is 0.536. The van der Waals surface area contributed by atoms with Crippen molar-refractivity contribution in [2.75, 3.05) is 7.11 Å². The molecule has 1 aliphatic heterocycles. The summed E-state index contributed by atoms with van der Waals surface area (Å²) in [5.41, 5.74) is 0.764. The Morgan fingerprint density at radius 3 is 2.66 bits per heavy atom. The molecule has 12 heteroatoms. The van der Waals surface area contributed by atoms with E-state index in [1.807, 2.05) is 0 Å². The van der Waals surface area contributed by atoms with E-state index in [9.17, 15) is 28.2 Å². The van der Waals surface area contributed by atoms with Gasteiger partial charge < -0.3 is 14.9 Å². The van der Waals surface area contributed by atoms with Crippen LogP contribution in [0, 0.1) is 0 Å². The van der Waals surface area contributed by atoms with Crippen molar-refractivity contribution in [3.05, 3.63) is 64.2 Å². The van der Waals surface area contributed by atoms with E-state index >= 15 is 0 Å². The molecular formula is C20H15ClF3N3O4S. The van der Waals surface area contributed by atoms with Crippen LogP contribution in [0.25, 0.3) is 5.69 Å². The van der Waals surface area contributed by atoms with Crippen molar-refractivity contribution in [2.45, 2.75) is 23.1 Å². The molecule has 0 amide bonds. The number of para-hydroxylation sites is 1. The van der Waals surface area contributed by atoms with Crippen molar-refractivity contribution in [3.63, 3.8) is 0 Å². The Balaban J connectivity index is 2.03. The number of alkyl halides is 3. The monoisotopic (exact) mass is 485 g/mol. The Morgan fingerprint density at radius 1 is 1.25 bits per heavy atom. The first-order chi connectivity index (χ1) is 15.1. The molecular weight excluding hydrogens is 471 g/mol. The number of ether oxygens (including phenoxy) is 1. The highest BCUT2D eigenvalue weighted by Gasteiger charge is 2.43. The first kappa shape index (κ1) is 22.3. The van der Waals surface area contributed by atoms with E-state index in [1.165, 1.54) is 31.4 Å². The number of hydrogen-bond donors (Lipinski definition) is 2. The number of aromatic nitrogens is 3. The molecule has 0 saturated heterocycles. The van der Waals surface area contributed by atoms with Gasteiger partial charge in [-0.05, 0) is 29.8 Å². The highest BCUT2D eigenvalue weighted by molar-refractivity contribution is 8.00. The first-order valence-electron chi connectivity index (χ1n) is 9.17. The molecule has 1 unspecified atom stereocenters. The first-order valence-corrected chi connectivity index (χ1v) is 10.5. The van der Waals surface area contributed by atoms with Gasteiger partial charge in [0, 0.05) is 10.6 Å². The molecule has 3 aromatic rings. The summed E-state index contributed by atoms with van der Waals surface area (Å²) in [6.07, 6.45) is -5.35. The van der Waals surface area contributed by atoms with Crippen molar-refractivity contribution in [2.24, 2.45) is 0 Å². The summed E-state index contributed by atoms with van der Waals surface area (Å²) in [6.45, 7) is 0. The van der Waals surface area contributed by atoms with Crippen LogP contribution in [-0.4, -0.2) is 38.1 Å². The molecule has 2 aromatic carbocycles. The summed E-state index contributed by atoms with van der Waals surface area (Å²) in [5.74, 6) is -2.69. The Morgan fingerprint density at radius 2 is 2.00 bits per heavy atom. The second-order valence-electron chi connectivity index (χ2n) is 6.92. The number of phenolic OH excluding ortho intramolecular Hbond substituents is 1. The van der Waals surface area contributed by atoms with Gasteiger partial charge in [0.25, 0.3) is 0 Å². The molecule has 2 heterocycles. The number of carboxylic acid groups (broad SMARTS) is 1. The average Bonchev–Trinajstić information content (AvgIpc) is 3.12. The van der Waals surface area contributed by atoms with Gasteiger partial charge in [-0.2, -0.15) is 13.2 Å². The molecule has 0 aliphatic carbocycles. The van der Waals surface area contributed by atoms with Gasteiger partial charge >= 0.3 is 12.1 Å². The van der Waals surface area contributed by atoms with Crippen LogP contribution in [0.4, 0.5) is 13.2 Å². The zero-order valence-corrected chi connectivity index (χ0v) is 17.9. The Kier molecular flexibility index (Phi) is 5.72. The minimum absolute atomic E-state index is 0.0920. The molecule has 1 aromatic heterocycles. The molecule has 32 heavy (non-hydrogen) atoms. The minimum Gasteiger partial charge on any atom is -0.504 e.